The van der Waals surface area contributed by atoms with E-state index in [0.29, 0.717) is 6.17 Å². The zero-order valence-electron chi connectivity index (χ0n) is 5.52. The van der Waals surface area contributed by atoms with E-state index in [0.717, 1.165) is 13.0 Å². The molecule has 2 aliphatic rings. The van der Waals surface area contributed by atoms with Gasteiger partial charge in [0.2, 0.25) is 0 Å². The van der Waals surface area contributed by atoms with Gasteiger partial charge in [-0.25, -0.2) is 0 Å². The van der Waals surface area contributed by atoms with Crippen molar-refractivity contribution in [2.24, 2.45) is 0 Å². The number of hydrogen-bond acceptors (Lipinski definition) is 2. The molecule has 0 saturated heterocycles. The van der Waals surface area contributed by atoms with Crippen LogP contribution in [0.3, 0.4) is 0 Å². The third-order valence-corrected chi connectivity index (χ3v) is 2.51. The summed E-state index contributed by atoms with van der Waals surface area (Å²) < 4.78 is 1.18. The molecule has 2 nitrogen and oxygen atoms in total. The number of nitrogens with one attached hydrogen (secondary N) is 2. The highest BCUT2D eigenvalue weighted by molar-refractivity contribution is 9.12. The van der Waals surface area contributed by atoms with Gasteiger partial charge in [0.05, 0.1) is 0 Å². The average Bonchev–Trinajstić information content (AvgIpc) is 2.34. The zero-order valence-corrected chi connectivity index (χ0v) is 7.11. The maximum absolute atomic E-state index is 3.47. The molecule has 2 aliphatic heterocycles. The van der Waals surface area contributed by atoms with E-state index >= 15 is 0 Å². The molecule has 10 heavy (non-hydrogen) atoms. The second-order valence-electron chi connectivity index (χ2n) is 2.49. The summed E-state index contributed by atoms with van der Waals surface area (Å²) in [5, 5.41) is 6.57. The van der Waals surface area contributed by atoms with Gasteiger partial charge in [-0.05, 0) is 22.4 Å². The summed E-state index contributed by atoms with van der Waals surface area (Å²) in [7, 11) is 0. The Kier molecular flexibility index (Phi) is 1.54. The molecule has 0 fully saturated rings. The topological polar surface area (TPSA) is 24.1 Å². The molecule has 0 aliphatic carbocycles. The molecular formula is C7H9BrN2. The van der Waals surface area contributed by atoms with Crippen LogP contribution in [0.25, 0.3) is 0 Å². The lowest BCUT2D eigenvalue weighted by atomic mass is 10.1. The maximum Gasteiger partial charge on any atom is 0.104 e. The van der Waals surface area contributed by atoms with Crippen molar-refractivity contribution in [3.63, 3.8) is 0 Å². The van der Waals surface area contributed by atoms with Crippen LogP contribution in [0.5, 0.6) is 0 Å². The van der Waals surface area contributed by atoms with E-state index in [-0.39, 0.29) is 0 Å². The van der Waals surface area contributed by atoms with Gasteiger partial charge in [-0.1, -0.05) is 6.08 Å². The van der Waals surface area contributed by atoms with Crippen LogP contribution >= 0.6 is 15.9 Å². The average molecular weight is 201 g/mol. The zero-order chi connectivity index (χ0) is 6.97. The fourth-order valence-corrected chi connectivity index (χ4v) is 1.83. The molecule has 0 amide bonds. The molecule has 0 aromatic carbocycles. The molecule has 0 spiro atoms. The molecular weight excluding hydrogens is 192 g/mol. The van der Waals surface area contributed by atoms with E-state index in [9.17, 15) is 0 Å². The standard InChI is InChI=1S/C7H9BrN2/c8-6-4-10-7-5(6)2-1-3-9-7/h2,4,7,9-10H,1,3H2. The first-order chi connectivity index (χ1) is 4.88. The van der Waals surface area contributed by atoms with Crippen molar-refractivity contribution in [1.82, 2.24) is 10.6 Å². The molecule has 0 bridgehead atoms. The van der Waals surface area contributed by atoms with E-state index in [1.807, 2.05) is 6.20 Å². The molecule has 0 radical (unpaired) electrons. The fourth-order valence-electron chi connectivity index (χ4n) is 1.31. The lowest BCUT2D eigenvalue weighted by molar-refractivity contribution is 0.534. The highest BCUT2D eigenvalue weighted by Crippen LogP contribution is 2.25. The van der Waals surface area contributed by atoms with Crippen molar-refractivity contribution in [3.05, 3.63) is 22.3 Å². The molecule has 2 heterocycles. The molecule has 1 atom stereocenters. The van der Waals surface area contributed by atoms with Gasteiger partial charge in [0.1, 0.15) is 6.17 Å². The summed E-state index contributed by atoms with van der Waals surface area (Å²) in [4.78, 5) is 0. The molecule has 2 rings (SSSR count). The minimum Gasteiger partial charge on any atom is -0.371 e. The number of rotatable bonds is 0. The Morgan fingerprint density at radius 3 is 3.30 bits per heavy atom. The number of hydrogen-bond donors (Lipinski definition) is 2. The fraction of sp³-hybridized carbons (Fsp3) is 0.429. The van der Waals surface area contributed by atoms with Gasteiger partial charge in [0.15, 0.2) is 0 Å². The first-order valence-corrected chi connectivity index (χ1v) is 4.23. The third kappa shape index (κ3) is 0.896. The molecule has 1 unspecified atom stereocenters. The third-order valence-electron chi connectivity index (χ3n) is 1.82. The largest absolute Gasteiger partial charge is 0.371 e. The van der Waals surface area contributed by atoms with Crippen LogP contribution in [0.4, 0.5) is 0 Å². The molecule has 3 heteroatoms. The first-order valence-electron chi connectivity index (χ1n) is 3.43. The van der Waals surface area contributed by atoms with E-state index in [4.69, 9.17) is 0 Å². The van der Waals surface area contributed by atoms with E-state index < -0.39 is 0 Å². The van der Waals surface area contributed by atoms with Gasteiger partial charge in [0, 0.05) is 22.8 Å². The minimum atomic E-state index is 0.364. The quantitative estimate of drug-likeness (QED) is 0.612. The Balaban J connectivity index is 2.27. The maximum atomic E-state index is 3.47. The number of halogens is 1. The van der Waals surface area contributed by atoms with Crippen LogP contribution in [0.1, 0.15) is 6.42 Å². The van der Waals surface area contributed by atoms with Gasteiger partial charge >= 0.3 is 0 Å². The van der Waals surface area contributed by atoms with Crippen molar-refractivity contribution in [3.8, 4) is 0 Å². The second-order valence-corrected chi connectivity index (χ2v) is 3.35. The van der Waals surface area contributed by atoms with Crippen LogP contribution < -0.4 is 10.6 Å². The van der Waals surface area contributed by atoms with Crippen molar-refractivity contribution < 1.29 is 0 Å². The normalized spacial score (nSPS) is 30.3. The van der Waals surface area contributed by atoms with E-state index in [1.165, 1.54) is 10.1 Å². The summed E-state index contributed by atoms with van der Waals surface area (Å²) in [6.07, 6.45) is 5.76. The van der Waals surface area contributed by atoms with Crippen LogP contribution in [0, 0.1) is 0 Å². The van der Waals surface area contributed by atoms with Crippen molar-refractivity contribution >= 4 is 15.9 Å². The van der Waals surface area contributed by atoms with Gasteiger partial charge < -0.3 is 5.32 Å². The lowest BCUT2D eigenvalue weighted by Gasteiger charge is -2.19. The Morgan fingerprint density at radius 2 is 2.50 bits per heavy atom. The van der Waals surface area contributed by atoms with Gasteiger partial charge in [-0.2, -0.15) is 0 Å². The van der Waals surface area contributed by atoms with Gasteiger partial charge in [0.25, 0.3) is 0 Å². The molecule has 0 saturated carbocycles. The number of fused-ring (bicyclic) bond motifs is 1. The summed E-state index contributed by atoms with van der Waals surface area (Å²) in [5.74, 6) is 0. The van der Waals surface area contributed by atoms with Gasteiger partial charge in [-0.15, -0.1) is 0 Å². The first kappa shape index (κ1) is 6.43. The Bertz CT molecular complexity index is 208. The predicted octanol–water partition coefficient (Wildman–Crippen LogP) is 1.07. The van der Waals surface area contributed by atoms with Crippen LogP contribution in [0.2, 0.25) is 0 Å². The Hall–Kier alpha value is -0.280. The van der Waals surface area contributed by atoms with Crippen molar-refractivity contribution in [2.45, 2.75) is 12.6 Å². The highest BCUT2D eigenvalue weighted by Gasteiger charge is 2.22. The van der Waals surface area contributed by atoms with Gasteiger partial charge in [-0.3, -0.25) is 5.32 Å². The summed E-state index contributed by atoms with van der Waals surface area (Å²) in [6, 6.07) is 0. The Labute approximate surface area is 68.5 Å². The summed E-state index contributed by atoms with van der Waals surface area (Å²) >= 11 is 3.47. The summed E-state index contributed by atoms with van der Waals surface area (Å²) in [6.45, 7) is 1.08. The molecule has 54 valence electrons. The SMILES string of the molecule is BrC1=CNC2NCCC=C12. The van der Waals surface area contributed by atoms with E-state index in [1.54, 1.807) is 0 Å². The summed E-state index contributed by atoms with van der Waals surface area (Å²) in [5.41, 5.74) is 1.35. The lowest BCUT2D eigenvalue weighted by Crippen LogP contribution is -2.40. The second kappa shape index (κ2) is 2.40. The van der Waals surface area contributed by atoms with Crippen LogP contribution in [-0.4, -0.2) is 12.7 Å². The van der Waals surface area contributed by atoms with Crippen LogP contribution in [0.15, 0.2) is 22.3 Å². The highest BCUT2D eigenvalue weighted by atomic mass is 79.9. The predicted molar refractivity (Wildman–Crippen MR) is 44.6 cm³/mol. The van der Waals surface area contributed by atoms with Crippen molar-refractivity contribution in [1.29, 1.82) is 0 Å². The van der Waals surface area contributed by atoms with E-state index in [2.05, 4.69) is 32.6 Å². The molecule has 0 aromatic rings. The molecule has 0 aromatic heterocycles. The monoisotopic (exact) mass is 200 g/mol. The minimum absolute atomic E-state index is 0.364. The van der Waals surface area contributed by atoms with Crippen LogP contribution in [-0.2, 0) is 0 Å². The smallest absolute Gasteiger partial charge is 0.104 e. The van der Waals surface area contributed by atoms with Crippen molar-refractivity contribution in [2.75, 3.05) is 6.54 Å². The Morgan fingerprint density at radius 1 is 1.60 bits per heavy atom. The molecule has 2 N–H and O–H groups in total.